The van der Waals surface area contributed by atoms with Crippen molar-refractivity contribution in [2.75, 3.05) is 0 Å². The van der Waals surface area contributed by atoms with Gasteiger partial charge in [-0.15, -0.1) is 0 Å². The maximum absolute atomic E-state index is 5.99. The van der Waals surface area contributed by atoms with Gasteiger partial charge in [-0.3, -0.25) is 0 Å². The summed E-state index contributed by atoms with van der Waals surface area (Å²) in [6.07, 6.45) is 0. The summed E-state index contributed by atoms with van der Waals surface area (Å²) < 4.78 is 12.0. The highest BCUT2D eigenvalue weighted by molar-refractivity contribution is 6.57. The van der Waals surface area contributed by atoms with E-state index in [4.69, 9.17) is 9.31 Å². The van der Waals surface area contributed by atoms with E-state index in [-0.39, 0.29) is 12.5 Å². The van der Waals surface area contributed by atoms with Crippen LogP contribution >= 0.6 is 0 Å². The van der Waals surface area contributed by atoms with E-state index in [1.807, 2.05) is 24.3 Å². The van der Waals surface area contributed by atoms with Gasteiger partial charge in [-0.1, -0.05) is 31.6 Å². The average Bonchev–Trinajstić information content (AvgIpc) is 2.84. The van der Waals surface area contributed by atoms with Crippen LogP contribution in [0.1, 0.15) is 34.6 Å². The predicted octanol–water partition coefficient (Wildman–Crippen LogP) is 4.18. The van der Waals surface area contributed by atoms with Gasteiger partial charge in [-0.2, -0.15) is 0 Å². The smallest absolute Gasteiger partial charge is 0.519 e. The SMILES string of the molecule is CC1=C(C)C(C)(C)C(B2Oc3ccccc3O2)=C1C. The van der Waals surface area contributed by atoms with Crippen LogP contribution in [-0.4, -0.2) is 7.12 Å². The van der Waals surface area contributed by atoms with Gasteiger partial charge in [0.2, 0.25) is 0 Å². The third kappa shape index (κ3) is 1.64. The lowest BCUT2D eigenvalue weighted by Gasteiger charge is -2.26. The van der Waals surface area contributed by atoms with Gasteiger partial charge in [0, 0.05) is 10.9 Å². The van der Waals surface area contributed by atoms with Crippen LogP contribution in [0.2, 0.25) is 0 Å². The molecule has 0 atom stereocenters. The standard InChI is InChI=1S/C16H19BO2/c1-10-11(2)15(16(4,5)12(10)3)17-18-13-8-6-7-9-14(13)19-17/h6-9H,1-5H3. The number of allylic oxidation sites excluding steroid dienone is 4. The van der Waals surface area contributed by atoms with Crippen LogP contribution in [0.15, 0.2) is 46.5 Å². The largest absolute Gasteiger partial charge is 0.629 e. The van der Waals surface area contributed by atoms with Crippen molar-refractivity contribution in [3.63, 3.8) is 0 Å². The molecule has 1 aromatic carbocycles. The van der Waals surface area contributed by atoms with Gasteiger partial charge in [0.05, 0.1) is 0 Å². The molecular formula is C16H19BO2. The first-order valence-electron chi connectivity index (χ1n) is 6.75. The minimum Gasteiger partial charge on any atom is -0.519 e. The molecule has 0 fully saturated rings. The number of rotatable bonds is 1. The summed E-state index contributed by atoms with van der Waals surface area (Å²) in [5.74, 6) is 1.68. The molecule has 19 heavy (non-hydrogen) atoms. The Morgan fingerprint density at radius 3 is 1.84 bits per heavy atom. The van der Waals surface area contributed by atoms with Crippen molar-refractivity contribution in [3.05, 3.63) is 46.5 Å². The summed E-state index contributed by atoms with van der Waals surface area (Å²) in [5.41, 5.74) is 5.33. The fourth-order valence-electron chi connectivity index (χ4n) is 3.11. The highest BCUT2D eigenvalue weighted by atomic mass is 16.6. The Morgan fingerprint density at radius 2 is 1.42 bits per heavy atom. The van der Waals surface area contributed by atoms with E-state index < -0.39 is 0 Å². The van der Waals surface area contributed by atoms with E-state index in [1.54, 1.807) is 0 Å². The van der Waals surface area contributed by atoms with Gasteiger partial charge in [-0.05, 0) is 44.1 Å². The average molecular weight is 254 g/mol. The molecule has 0 saturated carbocycles. The van der Waals surface area contributed by atoms with Crippen LogP contribution < -0.4 is 9.31 Å². The molecule has 0 amide bonds. The summed E-state index contributed by atoms with van der Waals surface area (Å²) in [4.78, 5) is 0. The van der Waals surface area contributed by atoms with Gasteiger partial charge in [-0.25, -0.2) is 0 Å². The van der Waals surface area contributed by atoms with Crippen molar-refractivity contribution in [1.82, 2.24) is 0 Å². The zero-order valence-electron chi connectivity index (χ0n) is 12.2. The van der Waals surface area contributed by atoms with Crippen LogP contribution in [0.3, 0.4) is 0 Å². The second-order valence-corrected chi connectivity index (χ2v) is 5.93. The highest BCUT2D eigenvalue weighted by Crippen LogP contribution is 2.49. The molecule has 0 bridgehead atoms. The van der Waals surface area contributed by atoms with Crippen molar-refractivity contribution in [3.8, 4) is 11.5 Å². The first kappa shape index (κ1) is 12.4. The van der Waals surface area contributed by atoms with E-state index in [9.17, 15) is 0 Å². The molecular weight excluding hydrogens is 235 g/mol. The van der Waals surface area contributed by atoms with Gasteiger partial charge in [0.15, 0.2) is 0 Å². The Labute approximate surface area is 115 Å². The predicted molar refractivity (Wildman–Crippen MR) is 78.3 cm³/mol. The molecule has 0 radical (unpaired) electrons. The van der Waals surface area contributed by atoms with Crippen molar-refractivity contribution in [1.29, 1.82) is 0 Å². The van der Waals surface area contributed by atoms with Crippen molar-refractivity contribution < 1.29 is 9.31 Å². The summed E-state index contributed by atoms with van der Waals surface area (Å²) in [6.45, 7) is 11.0. The molecule has 0 unspecified atom stereocenters. The summed E-state index contributed by atoms with van der Waals surface area (Å²) >= 11 is 0. The summed E-state index contributed by atoms with van der Waals surface area (Å²) in [7, 11) is -0.292. The van der Waals surface area contributed by atoms with Crippen LogP contribution in [0.4, 0.5) is 0 Å². The Hall–Kier alpha value is -1.64. The number of fused-ring (bicyclic) bond motifs is 1. The molecule has 2 nitrogen and oxygen atoms in total. The van der Waals surface area contributed by atoms with Crippen molar-refractivity contribution in [2.45, 2.75) is 34.6 Å². The molecule has 0 spiro atoms. The van der Waals surface area contributed by atoms with E-state index in [0.717, 1.165) is 11.5 Å². The minimum absolute atomic E-state index is 0.000869. The third-order valence-corrected chi connectivity index (χ3v) is 4.69. The number of para-hydroxylation sites is 2. The fraction of sp³-hybridized carbons (Fsp3) is 0.375. The molecule has 2 aliphatic rings. The number of hydrogen-bond donors (Lipinski definition) is 0. The highest BCUT2D eigenvalue weighted by Gasteiger charge is 2.48. The molecule has 0 aromatic heterocycles. The van der Waals surface area contributed by atoms with E-state index >= 15 is 0 Å². The Bertz CT molecular complexity index is 586. The molecule has 3 rings (SSSR count). The molecule has 1 aromatic rings. The first-order valence-corrected chi connectivity index (χ1v) is 6.75. The van der Waals surface area contributed by atoms with Gasteiger partial charge < -0.3 is 9.31 Å². The van der Waals surface area contributed by atoms with Crippen LogP contribution in [0.25, 0.3) is 0 Å². The molecule has 3 heteroatoms. The molecule has 1 aliphatic carbocycles. The van der Waals surface area contributed by atoms with E-state index in [1.165, 1.54) is 22.2 Å². The number of benzene rings is 1. The second kappa shape index (κ2) is 3.93. The van der Waals surface area contributed by atoms with Gasteiger partial charge in [0.1, 0.15) is 11.5 Å². The second-order valence-electron chi connectivity index (χ2n) is 5.93. The minimum atomic E-state index is -0.292. The lowest BCUT2D eigenvalue weighted by atomic mass is 9.63. The Kier molecular flexibility index (Phi) is 2.56. The summed E-state index contributed by atoms with van der Waals surface area (Å²) in [6, 6.07) is 7.86. The first-order chi connectivity index (χ1) is 8.93. The lowest BCUT2D eigenvalue weighted by molar-refractivity contribution is 0.474. The Balaban J connectivity index is 1.99. The monoisotopic (exact) mass is 254 g/mol. The molecule has 0 N–H and O–H groups in total. The van der Waals surface area contributed by atoms with Crippen molar-refractivity contribution >= 4 is 7.12 Å². The molecule has 1 heterocycles. The third-order valence-electron chi connectivity index (χ3n) is 4.69. The van der Waals surface area contributed by atoms with Crippen molar-refractivity contribution in [2.24, 2.45) is 5.41 Å². The topological polar surface area (TPSA) is 18.5 Å². The zero-order valence-corrected chi connectivity index (χ0v) is 12.2. The molecule has 0 saturated heterocycles. The van der Waals surface area contributed by atoms with E-state index in [0.29, 0.717) is 0 Å². The van der Waals surface area contributed by atoms with Crippen LogP contribution in [0.5, 0.6) is 11.5 Å². The number of hydrogen-bond acceptors (Lipinski definition) is 2. The van der Waals surface area contributed by atoms with Crippen LogP contribution in [0, 0.1) is 5.41 Å². The maximum atomic E-state index is 5.99. The lowest BCUT2D eigenvalue weighted by Crippen LogP contribution is -2.35. The van der Waals surface area contributed by atoms with Gasteiger partial charge in [0.25, 0.3) is 0 Å². The Morgan fingerprint density at radius 1 is 0.895 bits per heavy atom. The van der Waals surface area contributed by atoms with Crippen LogP contribution in [-0.2, 0) is 0 Å². The normalized spacial score (nSPS) is 20.6. The molecule has 1 aliphatic heterocycles. The zero-order chi connectivity index (χ0) is 13.8. The maximum Gasteiger partial charge on any atom is 0.629 e. The summed E-state index contributed by atoms with van der Waals surface area (Å²) in [5, 5.41) is 0. The van der Waals surface area contributed by atoms with Gasteiger partial charge >= 0.3 is 7.12 Å². The fourth-order valence-corrected chi connectivity index (χ4v) is 3.11. The van der Waals surface area contributed by atoms with E-state index in [2.05, 4.69) is 34.6 Å². The molecule has 98 valence electrons. The quantitative estimate of drug-likeness (QED) is 0.700.